The standard InChI is InChI=1S/3Pb.Tm. The maximum atomic E-state index is 0. The van der Waals surface area contributed by atoms with Crippen molar-refractivity contribution in [2.75, 3.05) is 0 Å². The molecule has 0 N–H and O–H groups in total. The van der Waals surface area contributed by atoms with Crippen LogP contribution in [0.1, 0.15) is 0 Å². The summed E-state index contributed by atoms with van der Waals surface area (Å²) in [6, 6.07) is 0. The van der Waals surface area contributed by atoms with Crippen LogP contribution in [0.25, 0.3) is 0 Å². The van der Waals surface area contributed by atoms with E-state index in [1.165, 1.54) is 0 Å². The van der Waals surface area contributed by atoms with Crippen LogP contribution in [0.4, 0.5) is 0 Å². The van der Waals surface area contributed by atoms with Crippen LogP contribution in [0.5, 0.6) is 0 Å². The smallest absolute Gasteiger partial charge is 0 e. The summed E-state index contributed by atoms with van der Waals surface area (Å²) in [6.07, 6.45) is 0. The van der Waals surface area contributed by atoms with Gasteiger partial charge in [-0.3, -0.25) is 0 Å². The van der Waals surface area contributed by atoms with Crippen LogP contribution in [-0.2, 0) is 0 Å². The molecule has 0 saturated carbocycles. The first kappa shape index (κ1) is 24.5. The van der Waals surface area contributed by atoms with Crippen LogP contribution in [0, 0.1) is 36.9 Å². The second-order valence-corrected chi connectivity index (χ2v) is 0. The minimum atomic E-state index is 0. The molecule has 0 aliphatic heterocycles. The number of hydrogen-bond acceptors (Lipinski definition) is 0. The minimum absolute atomic E-state index is 0. The zero-order chi connectivity index (χ0) is 0. The fourth-order valence-corrected chi connectivity index (χ4v) is 0. The average molecular weight is 791 g/mol. The summed E-state index contributed by atoms with van der Waals surface area (Å²) in [4.78, 5) is 0. The summed E-state index contributed by atoms with van der Waals surface area (Å²) in [6.45, 7) is 0. The molecule has 0 fully saturated rings. The van der Waals surface area contributed by atoms with Crippen LogP contribution in [0.3, 0.4) is 0 Å². The van der Waals surface area contributed by atoms with Gasteiger partial charge in [0.25, 0.3) is 0 Å². The summed E-state index contributed by atoms with van der Waals surface area (Å²) in [5, 5.41) is 0. The van der Waals surface area contributed by atoms with E-state index >= 15 is 0 Å². The Morgan fingerprint density at radius 1 is 0.500 bits per heavy atom. The molecule has 25 valence electrons. The molecule has 13 radical (unpaired) electrons. The second-order valence-electron chi connectivity index (χ2n) is 0. The van der Waals surface area contributed by atoms with E-state index in [0.29, 0.717) is 0 Å². The van der Waals surface area contributed by atoms with E-state index < -0.39 is 0 Å². The van der Waals surface area contributed by atoms with Crippen molar-refractivity contribution < 1.29 is 36.9 Å². The molecule has 4 heavy (non-hydrogen) atoms. The van der Waals surface area contributed by atoms with Crippen molar-refractivity contribution in [1.82, 2.24) is 0 Å². The van der Waals surface area contributed by atoms with E-state index in [9.17, 15) is 0 Å². The van der Waals surface area contributed by atoms with E-state index in [1.807, 2.05) is 0 Å². The molecule has 0 aromatic heterocycles. The number of hydrogen-bond donors (Lipinski definition) is 0. The second kappa shape index (κ2) is 15.8. The zero-order valence-electron chi connectivity index (χ0n) is 1.78. The van der Waals surface area contributed by atoms with Gasteiger partial charge in [-0.1, -0.05) is 0 Å². The third-order valence-electron chi connectivity index (χ3n) is 0. The van der Waals surface area contributed by atoms with Crippen molar-refractivity contribution in [3.63, 3.8) is 0 Å². The fourth-order valence-electron chi connectivity index (χ4n) is 0. The van der Waals surface area contributed by atoms with Gasteiger partial charge < -0.3 is 0 Å². The van der Waals surface area contributed by atoms with Gasteiger partial charge in [-0.15, -0.1) is 0 Å². The van der Waals surface area contributed by atoms with Crippen LogP contribution in [0.2, 0.25) is 0 Å². The Balaban J connectivity index is 0. The molecule has 0 bridgehead atoms. The topological polar surface area (TPSA) is 0 Å². The molecule has 0 rings (SSSR count). The summed E-state index contributed by atoms with van der Waals surface area (Å²) < 4.78 is 0. The van der Waals surface area contributed by atoms with Crippen molar-refractivity contribution >= 4 is 81.9 Å². The monoisotopic (exact) mass is 793 g/mol. The Labute approximate surface area is 116 Å². The van der Waals surface area contributed by atoms with Gasteiger partial charge in [0, 0.05) is 119 Å². The maximum Gasteiger partial charge on any atom is 0 e. The Kier molecular flexibility index (Phi) is 96.5. The van der Waals surface area contributed by atoms with Crippen molar-refractivity contribution in [1.29, 1.82) is 0 Å². The van der Waals surface area contributed by atoms with Crippen molar-refractivity contribution in [3.05, 3.63) is 0 Å². The normalized spacial score (nSPS) is 0. The minimum Gasteiger partial charge on any atom is 0 e. The molecular weight excluding hydrogens is 791 g/mol. The molecule has 0 heterocycles. The first-order valence-corrected chi connectivity index (χ1v) is 0. The Morgan fingerprint density at radius 2 is 0.500 bits per heavy atom. The molecule has 4 heteroatoms. The Bertz CT molecular complexity index is 3.25. The summed E-state index contributed by atoms with van der Waals surface area (Å²) >= 11 is 0. The molecule has 0 unspecified atom stereocenters. The van der Waals surface area contributed by atoms with Gasteiger partial charge in [-0.2, -0.15) is 0 Å². The molecule has 0 aromatic rings. The predicted octanol–water partition coefficient (Wildman–Crippen LogP) is -1.14. The summed E-state index contributed by atoms with van der Waals surface area (Å²) in [5.74, 6) is 0. The largest absolute Gasteiger partial charge is 0 e. The van der Waals surface area contributed by atoms with Crippen molar-refractivity contribution in [3.8, 4) is 0 Å². The van der Waals surface area contributed by atoms with Gasteiger partial charge in [-0.05, 0) is 0 Å². The van der Waals surface area contributed by atoms with Crippen LogP contribution in [0.15, 0.2) is 0 Å². The molecule has 0 aliphatic rings. The number of rotatable bonds is 0. The third-order valence-corrected chi connectivity index (χ3v) is 0. The van der Waals surface area contributed by atoms with Gasteiger partial charge in [0.2, 0.25) is 0 Å². The summed E-state index contributed by atoms with van der Waals surface area (Å²) in [7, 11) is 0. The molecule has 0 nitrogen and oxygen atoms in total. The molecular formula is Pb3Tm. The van der Waals surface area contributed by atoms with Gasteiger partial charge >= 0.3 is 0 Å². The van der Waals surface area contributed by atoms with E-state index in [1.54, 1.807) is 0 Å². The molecule has 0 aliphatic carbocycles. The summed E-state index contributed by atoms with van der Waals surface area (Å²) in [5.41, 5.74) is 0. The van der Waals surface area contributed by atoms with E-state index in [4.69, 9.17) is 0 Å². The zero-order valence-corrected chi connectivity index (χ0v) is 15.2. The quantitative estimate of drug-likeness (QED) is 0.273. The first-order chi connectivity index (χ1) is 0. The predicted molar refractivity (Wildman–Crippen MR) is 17.3 cm³/mol. The molecule has 0 aromatic carbocycles. The van der Waals surface area contributed by atoms with E-state index in [0.717, 1.165) is 0 Å². The molecule has 0 spiro atoms. The Morgan fingerprint density at radius 3 is 0.500 bits per heavy atom. The van der Waals surface area contributed by atoms with Gasteiger partial charge in [0.05, 0.1) is 0 Å². The first-order valence-electron chi connectivity index (χ1n) is 0. The van der Waals surface area contributed by atoms with Crippen molar-refractivity contribution in [2.24, 2.45) is 0 Å². The maximum absolute atomic E-state index is 0. The SMILES string of the molecule is [Pb].[Pb].[Pb].[Tm]. The third kappa shape index (κ3) is 9.38. The van der Waals surface area contributed by atoms with Crippen LogP contribution >= 0.6 is 0 Å². The fraction of sp³-hybridized carbons (Fsp3) is 0. The van der Waals surface area contributed by atoms with E-state index in [-0.39, 0.29) is 119 Å². The Hall–Kier alpha value is 4.00. The van der Waals surface area contributed by atoms with Crippen molar-refractivity contribution in [2.45, 2.75) is 0 Å². The molecule has 0 amide bonds. The van der Waals surface area contributed by atoms with Gasteiger partial charge in [-0.25, -0.2) is 0 Å². The van der Waals surface area contributed by atoms with Gasteiger partial charge in [0.1, 0.15) is 0 Å². The molecule has 0 atom stereocenters. The average Bonchev–Trinajstić information content (AvgIpc) is 0. The van der Waals surface area contributed by atoms with Gasteiger partial charge in [0.15, 0.2) is 0 Å². The van der Waals surface area contributed by atoms with E-state index in [2.05, 4.69) is 0 Å². The van der Waals surface area contributed by atoms with Crippen LogP contribution in [-0.4, -0.2) is 81.9 Å². The van der Waals surface area contributed by atoms with Crippen LogP contribution < -0.4 is 0 Å². The molecule has 0 saturated heterocycles.